The van der Waals surface area contributed by atoms with Crippen molar-refractivity contribution in [1.29, 1.82) is 0 Å². The fraction of sp³-hybridized carbons (Fsp3) is 0.111. The lowest BCUT2D eigenvalue weighted by molar-refractivity contribution is 0.0696. The number of nitrogens with one attached hydrogen (secondary N) is 1. The number of nitrogens with zero attached hydrogens (tertiary/aromatic N) is 2. The van der Waals surface area contributed by atoms with Crippen LogP contribution < -0.4 is 11.2 Å². The SMILES string of the molecule is O=C(O)c1cccc(Cn2nc(Cc3ccccc3)c(=O)[nH]c2=O)c1. The molecule has 0 saturated carbocycles. The third-order valence-corrected chi connectivity index (χ3v) is 3.68. The summed E-state index contributed by atoms with van der Waals surface area (Å²) < 4.78 is 1.13. The molecule has 0 spiro atoms. The summed E-state index contributed by atoms with van der Waals surface area (Å²) >= 11 is 0. The fourth-order valence-corrected chi connectivity index (χ4v) is 2.46. The number of H-pyrrole nitrogens is 1. The Labute approximate surface area is 142 Å². The summed E-state index contributed by atoms with van der Waals surface area (Å²) in [6.07, 6.45) is 0.297. The molecule has 3 rings (SSSR count). The first kappa shape index (κ1) is 16.4. The number of carboxylic acids is 1. The quantitative estimate of drug-likeness (QED) is 0.729. The lowest BCUT2D eigenvalue weighted by Gasteiger charge is -2.07. The van der Waals surface area contributed by atoms with E-state index in [0.717, 1.165) is 10.2 Å². The summed E-state index contributed by atoms with van der Waals surface area (Å²) in [5.41, 5.74) is 0.692. The molecule has 0 aliphatic heterocycles. The third-order valence-electron chi connectivity index (χ3n) is 3.68. The zero-order valence-electron chi connectivity index (χ0n) is 13.2. The molecule has 25 heavy (non-hydrogen) atoms. The number of carboxylic acid groups (broad SMARTS) is 1. The van der Waals surface area contributed by atoms with Crippen LogP contribution >= 0.6 is 0 Å². The van der Waals surface area contributed by atoms with Crippen LogP contribution in [0.4, 0.5) is 0 Å². The summed E-state index contributed by atoms with van der Waals surface area (Å²) in [5, 5.41) is 13.2. The van der Waals surface area contributed by atoms with Crippen LogP contribution in [-0.2, 0) is 13.0 Å². The van der Waals surface area contributed by atoms with Crippen LogP contribution in [0.2, 0.25) is 0 Å². The maximum atomic E-state index is 12.0. The van der Waals surface area contributed by atoms with Gasteiger partial charge in [-0.05, 0) is 23.3 Å². The van der Waals surface area contributed by atoms with Gasteiger partial charge in [-0.1, -0.05) is 42.5 Å². The van der Waals surface area contributed by atoms with Crippen LogP contribution in [0.15, 0.2) is 64.2 Å². The van der Waals surface area contributed by atoms with E-state index in [-0.39, 0.29) is 17.8 Å². The smallest absolute Gasteiger partial charge is 0.345 e. The molecule has 2 aromatic carbocycles. The van der Waals surface area contributed by atoms with Crippen molar-refractivity contribution in [3.8, 4) is 0 Å². The van der Waals surface area contributed by atoms with Crippen molar-refractivity contribution in [3.05, 3.63) is 97.8 Å². The summed E-state index contributed by atoms with van der Waals surface area (Å²) in [6, 6.07) is 15.6. The molecule has 7 nitrogen and oxygen atoms in total. The van der Waals surface area contributed by atoms with Crippen molar-refractivity contribution >= 4 is 5.97 Å². The normalized spacial score (nSPS) is 10.6. The summed E-state index contributed by atoms with van der Waals surface area (Å²) in [6.45, 7) is 0.0680. The zero-order chi connectivity index (χ0) is 17.8. The number of aromatic amines is 1. The molecular weight excluding hydrogens is 322 g/mol. The van der Waals surface area contributed by atoms with Crippen LogP contribution in [-0.4, -0.2) is 25.8 Å². The van der Waals surface area contributed by atoms with Crippen molar-refractivity contribution in [2.24, 2.45) is 0 Å². The highest BCUT2D eigenvalue weighted by Gasteiger charge is 2.09. The minimum Gasteiger partial charge on any atom is -0.478 e. The van der Waals surface area contributed by atoms with Crippen molar-refractivity contribution < 1.29 is 9.90 Å². The molecule has 0 radical (unpaired) electrons. The number of carbonyl (C=O) groups is 1. The molecule has 1 aromatic heterocycles. The van der Waals surface area contributed by atoms with Gasteiger partial charge in [0.1, 0.15) is 5.69 Å². The van der Waals surface area contributed by atoms with E-state index in [1.807, 2.05) is 30.3 Å². The molecule has 7 heteroatoms. The van der Waals surface area contributed by atoms with E-state index in [0.29, 0.717) is 12.0 Å². The van der Waals surface area contributed by atoms with E-state index in [1.54, 1.807) is 12.1 Å². The van der Waals surface area contributed by atoms with Gasteiger partial charge >= 0.3 is 11.7 Å². The van der Waals surface area contributed by atoms with Gasteiger partial charge in [0.05, 0.1) is 12.1 Å². The summed E-state index contributed by atoms with van der Waals surface area (Å²) in [4.78, 5) is 37.3. The predicted octanol–water partition coefficient (Wildman–Crippen LogP) is 1.27. The minimum atomic E-state index is -1.05. The minimum absolute atomic E-state index is 0.0680. The summed E-state index contributed by atoms with van der Waals surface area (Å²) in [5.74, 6) is -1.05. The second-order valence-corrected chi connectivity index (χ2v) is 5.53. The van der Waals surface area contributed by atoms with E-state index in [4.69, 9.17) is 5.11 Å². The average molecular weight is 337 g/mol. The van der Waals surface area contributed by atoms with Gasteiger partial charge in [-0.15, -0.1) is 0 Å². The largest absolute Gasteiger partial charge is 0.478 e. The molecule has 2 N–H and O–H groups in total. The first-order chi connectivity index (χ1) is 12.0. The van der Waals surface area contributed by atoms with Gasteiger partial charge in [-0.3, -0.25) is 9.78 Å². The summed E-state index contributed by atoms with van der Waals surface area (Å²) in [7, 11) is 0. The van der Waals surface area contributed by atoms with Gasteiger partial charge in [0, 0.05) is 6.42 Å². The standard InChI is InChI=1S/C18H15N3O4/c22-16-15(10-12-5-2-1-3-6-12)20-21(18(25)19-16)11-13-7-4-8-14(9-13)17(23)24/h1-9H,10-11H2,(H,23,24)(H,19,22,25). The Morgan fingerprint density at radius 2 is 1.76 bits per heavy atom. The second kappa shape index (κ2) is 6.96. The molecule has 0 bridgehead atoms. The number of hydrogen-bond donors (Lipinski definition) is 2. The molecule has 0 atom stereocenters. The predicted molar refractivity (Wildman–Crippen MR) is 90.9 cm³/mol. The first-order valence-corrected chi connectivity index (χ1v) is 7.59. The van der Waals surface area contributed by atoms with Gasteiger partial charge in [0.2, 0.25) is 0 Å². The highest BCUT2D eigenvalue weighted by molar-refractivity contribution is 5.87. The Morgan fingerprint density at radius 1 is 1.04 bits per heavy atom. The maximum Gasteiger partial charge on any atom is 0.345 e. The van der Waals surface area contributed by atoms with Crippen molar-refractivity contribution in [2.45, 2.75) is 13.0 Å². The van der Waals surface area contributed by atoms with Gasteiger partial charge in [0.25, 0.3) is 5.56 Å². The van der Waals surface area contributed by atoms with Gasteiger partial charge in [-0.2, -0.15) is 5.10 Å². The Kier molecular flexibility index (Phi) is 4.56. The number of benzene rings is 2. The molecular formula is C18H15N3O4. The van der Waals surface area contributed by atoms with E-state index in [9.17, 15) is 14.4 Å². The van der Waals surface area contributed by atoms with E-state index in [1.165, 1.54) is 12.1 Å². The average Bonchev–Trinajstić information content (AvgIpc) is 2.60. The van der Waals surface area contributed by atoms with Crippen LogP contribution in [0.3, 0.4) is 0 Å². The molecule has 126 valence electrons. The number of hydrogen-bond acceptors (Lipinski definition) is 4. The van der Waals surface area contributed by atoms with E-state index >= 15 is 0 Å². The number of rotatable bonds is 5. The van der Waals surface area contributed by atoms with Crippen LogP contribution in [0, 0.1) is 0 Å². The third kappa shape index (κ3) is 3.89. The first-order valence-electron chi connectivity index (χ1n) is 7.59. The molecule has 1 heterocycles. The van der Waals surface area contributed by atoms with Gasteiger partial charge in [-0.25, -0.2) is 14.3 Å². The lowest BCUT2D eigenvalue weighted by Crippen LogP contribution is -2.35. The van der Waals surface area contributed by atoms with Crippen LogP contribution in [0.1, 0.15) is 27.2 Å². The van der Waals surface area contributed by atoms with E-state index < -0.39 is 17.2 Å². The molecule has 0 aliphatic carbocycles. The molecule has 0 saturated heterocycles. The topological polar surface area (TPSA) is 105 Å². The Balaban J connectivity index is 1.93. The monoisotopic (exact) mass is 337 g/mol. The fourth-order valence-electron chi connectivity index (χ4n) is 2.46. The highest BCUT2D eigenvalue weighted by Crippen LogP contribution is 2.07. The highest BCUT2D eigenvalue weighted by atomic mass is 16.4. The van der Waals surface area contributed by atoms with Gasteiger partial charge < -0.3 is 5.11 Å². The lowest BCUT2D eigenvalue weighted by atomic mass is 10.1. The second-order valence-electron chi connectivity index (χ2n) is 5.53. The van der Waals surface area contributed by atoms with Gasteiger partial charge in [0.15, 0.2) is 0 Å². The van der Waals surface area contributed by atoms with E-state index in [2.05, 4.69) is 10.1 Å². The molecule has 3 aromatic rings. The van der Waals surface area contributed by atoms with Crippen LogP contribution in [0.5, 0.6) is 0 Å². The van der Waals surface area contributed by atoms with Crippen molar-refractivity contribution in [2.75, 3.05) is 0 Å². The Morgan fingerprint density at radius 3 is 2.48 bits per heavy atom. The zero-order valence-corrected chi connectivity index (χ0v) is 13.2. The van der Waals surface area contributed by atoms with Crippen molar-refractivity contribution in [3.63, 3.8) is 0 Å². The number of aromatic carboxylic acids is 1. The maximum absolute atomic E-state index is 12.0. The molecule has 0 amide bonds. The Hall–Kier alpha value is -3.48. The molecule has 0 unspecified atom stereocenters. The molecule has 0 aliphatic rings. The molecule has 0 fully saturated rings. The number of aromatic nitrogens is 3. The van der Waals surface area contributed by atoms with Crippen molar-refractivity contribution in [1.82, 2.24) is 14.8 Å². The van der Waals surface area contributed by atoms with Crippen LogP contribution in [0.25, 0.3) is 0 Å². The Bertz CT molecular complexity index is 1020.